The van der Waals surface area contributed by atoms with Crippen molar-refractivity contribution in [3.8, 4) is 0 Å². The van der Waals surface area contributed by atoms with Gasteiger partial charge in [-0.3, -0.25) is 0 Å². The summed E-state index contributed by atoms with van der Waals surface area (Å²) in [5, 5.41) is 5.54. The van der Waals surface area contributed by atoms with Crippen LogP contribution in [0.2, 0.25) is 0 Å². The molecule has 0 saturated carbocycles. The minimum Gasteiger partial charge on any atom is -0.464 e. The van der Waals surface area contributed by atoms with Crippen molar-refractivity contribution in [1.82, 2.24) is 0 Å². The summed E-state index contributed by atoms with van der Waals surface area (Å²) in [5.74, 6) is -0.489. The summed E-state index contributed by atoms with van der Waals surface area (Å²) in [4.78, 5) is 16.7. The Bertz CT molecular complexity index is 357. The second-order valence-corrected chi connectivity index (χ2v) is 3.46. The number of ether oxygens (including phenoxy) is 1. The van der Waals surface area contributed by atoms with Crippen molar-refractivity contribution >= 4 is 23.0 Å². The van der Waals surface area contributed by atoms with Gasteiger partial charge in [-0.2, -0.15) is 0 Å². The lowest BCUT2D eigenvalue weighted by Gasteiger charge is -2.01. The smallest absolute Gasteiger partial charge is 0.361 e. The average Bonchev–Trinajstić information content (AvgIpc) is 2.60. The molecule has 76 valence electrons. The maximum Gasteiger partial charge on any atom is 0.361 e. The van der Waals surface area contributed by atoms with Gasteiger partial charge in [-0.15, -0.1) is 11.3 Å². The Labute approximate surface area is 86.1 Å². The molecule has 5 heteroatoms. The zero-order chi connectivity index (χ0) is 10.6. The van der Waals surface area contributed by atoms with Gasteiger partial charge in [0.25, 0.3) is 0 Å². The van der Waals surface area contributed by atoms with Crippen molar-refractivity contribution in [3.05, 3.63) is 21.9 Å². The topological polar surface area (TPSA) is 47.9 Å². The number of methoxy groups -OCH3 is 1. The molecule has 4 nitrogen and oxygen atoms in total. The van der Waals surface area contributed by atoms with Gasteiger partial charge in [0.15, 0.2) is 0 Å². The summed E-state index contributed by atoms with van der Waals surface area (Å²) < 4.78 is 4.60. The molecule has 1 rings (SSSR count). The number of hydrogen-bond acceptors (Lipinski definition) is 5. The van der Waals surface area contributed by atoms with Crippen LogP contribution >= 0.6 is 11.3 Å². The van der Waals surface area contributed by atoms with E-state index in [4.69, 9.17) is 0 Å². The van der Waals surface area contributed by atoms with Crippen LogP contribution in [0.15, 0.2) is 16.6 Å². The van der Waals surface area contributed by atoms with E-state index < -0.39 is 5.97 Å². The monoisotopic (exact) mass is 213 g/mol. The van der Waals surface area contributed by atoms with Crippen LogP contribution in [0.5, 0.6) is 0 Å². The van der Waals surface area contributed by atoms with Gasteiger partial charge in [0.1, 0.15) is 7.11 Å². The number of esters is 1. The minimum absolute atomic E-state index is 0.211. The third kappa shape index (κ3) is 2.11. The molecular formula is C9H11NO3S. The average molecular weight is 213 g/mol. The Hall–Kier alpha value is -1.36. The van der Waals surface area contributed by atoms with Crippen LogP contribution in [0.25, 0.3) is 0 Å². The predicted molar refractivity (Wildman–Crippen MR) is 54.6 cm³/mol. The van der Waals surface area contributed by atoms with E-state index in [1.54, 1.807) is 0 Å². The van der Waals surface area contributed by atoms with Gasteiger partial charge in [0.05, 0.1) is 12.0 Å². The molecule has 0 spiro atoms. The number of oxime groups is 1. The van der Waals surface area contributed by atoms with Gasteiger partial charge in [0.2, 0.25) is 5.71 Å². The normalized spacial score (nSPS) is 11.2. The molecule has 0 aromatic carbocycles. The van der Waals surface area contributed by atoms with Crippen LogP contribution in [0, 0.1) is 6.92 Å². The van der Waals surface area contributed by atoms with Gasteiger partial charge in [-0.1, -0.05) is 5.16 Å². The number of hydrogen-bond donors (Lipinski definition) is 0. The van der Waals surface area contributed by atoms with E-state index >= 15 is 0 Å². The molecular weight excluding hydrogens is 202 g/mol. The molecule has 0 fully saturated rings. The van der Waals surface area contributed by atoms with Gasteiger partial charge in [-0.05, 0) is 23.9 Å². The van der Waals surface area contributed by atoms with Crippen LogP contribution in [-0.4, -0.2) is 25.9 Å². The molecule has 0 amide bonds. The number of carbonyl (C=O) groups is 1. The third-order valence-corrected chi connectivity index (χ3v) is 2.66. The van der Waals surface area contributed by atoms with Crippen LogP contribution in [0.1, 0.15) is 10.4 Å². The quantitative estimate of drug-likeness (QED) is 0.435. The summed E-state index contributed by atoms with van der Waals surface area (Å²) in [6.45, 7) is 1.90. The van der Waals surface area contributed by atoms with Gasteiger partial charge in [0, 0.05) is 0 Å². The first-order valence-electron chi connectivity index (χ1n) is 3.94. The predicted octanol–water partition coefficient (Wildman–Crippen LogP) is 1.58. The molecule has 0 saturated heterocycles. The highest BCUT2D eigenvalue weighted by Gasteiger charge is 2.18. The highest BCUT2D eigenvalue weighted by Crippen LogP contribution is 2.17. The van der Waals surface area contributed by atoms with Crippen molar-refractivity contribution in [2.24, 2.45) is 5.16 Å². The Morgan fingerprint density at radius 3 is 2.64 bits per heavy atom. The lowest BCUT2D eigenvalue weighted by atomic mass is 10.2. The molecule has 0 aliphatic rings. The highest BCUT2D eigenvalue weighted by molar-refractivity contribution is 7.13. The fourth-order valence-corrected chi connectivity index (χ4v) is 1.87. The number of thiophene rings is 1. The molecule has 0 aliphatic carbocycles. The summed E-state index contributed by atoms with van der Waals surface area (Å²) in [7, 11) is 2.71. The van der Waals surface area contributed by atoms with Crippen molar-refractivity contribution in [1.29, 1.82) is 0 Å². The molecule has 0 bridgehead atoms. The standard InChI is InChI=1S/C9H11NO3S/c1-6-4-5-14-8(6)7(10-13-3)9(11)12-2/h4-5H,1-3H3/b10-7-. The Balaban J connectivity index is 3.07. The van der Waals surface area contributed by atoms with Crippen LogP contribution in [0.3, 0.4) is 0 Å². The first kappa shape index (κ1) is 10.7. The van der Waals surface area contributed by atoms with Crippen molar-refractivity contribution < 1.29 is 14.4 Å². The molecule has 1 heterocycles. The molecule has 1 aromatic rings. The first-order valence-corrected chi connectivity index (χ1v) is 4.82. The number of carbonyl (C=O) groups excluding carboxylic acids is 1. The van der Waals surface area contributed by atoms with Crippen molar-refractivity contribution in [2.45, 2.75) is 6.92 Å². The second kappa shape index (κ2) is 4.76. The lowest BCUT2D eigenvalue weighted by Crippen LogP contribution is -2.17. The molecule has 14 heavy (non-hydrogen) atoms. The fraction of sp³-hybridized carbons (Fsp3) is 0.333. The summed E-state index contributed by atoms with van der Waals surface area (Å²) in [5.41, 5.74) is 1.19. The van der Waals surface area contributed by atoms with Gasteiger partial charge < -0.3 is 9.57 Å². The zero-order valence-electron chi connectivity index (χ0n) is 8.23. The van der Waals surface area contributed by atoms with Crippen molar-refractivity contribution in [3.63, 3.8) is 0 Å². The Kier molecular flexibility index (Phi) is 3.64. The molecule has 0 atom stereocenters. The van der Waals surface area contributed by atoms with E-state index in [-0.39, 0.29) is 5.71 Å². The van der Waals surface area contributed by atoms with Gasteiger partial charge >= 0.3 is 5.97 Å². The summed E-state index contributed by atoms with van der Waals surface area (Å²) >= 11 is 1.43. The molecule has 0 N–H and O–H groups in total. The molecule has 0 unspecified atom stereocenters. The zero-order valence-corrected chi connectivity index (χ0v) is 9.05. The van der Waals surface area contributed by atoms with Crippen LogP contribution in [0.4, 0.5) is 0 Å². The SMILES string of the molecule is CO/N=C(\C(=O)OC)c1sccc1C. The second-order valence-electron chi connectivity index (χ2n) is 2.55. The largest absolute Gasteiger partial charge is 0.464 e. The third-order valence-electron chi connectivity index (χ3n) is 1.64. The first-order chi connectivity index (χ1) is 6.70. The Morgan fingerprint density at radius 2 is 2.21 bits per heavy atom. The number of nitrogens with zero attached hydrogens (tertiary/aromatic N) is 1. The van der Waals surface area contributed by atoms with Crippen LogP contribution < -0.4 is 0 Å². The van der Waals surface area contributed by atoms with Crippen LogP contribution in [-0.2, 0) is 14.4 Å². The maximum atomic E-state index is 11.3. The molecule has 0 radical (unpaired) electrons. The van der Waals surface area contributed by atoms with E-state index in [1.165, 1.54) is 25.6 Å². The minimum atomic E-state index is -0.489. The number of aryl methyl sites for hydroxylation is 1. The summed E-state index contributed by atoms with van der Waals surface area (Å²) in [6.07, 6.45) is 0. The Morgan fingerprint density at radius 1 is 1.50 bits per heavy atom. The number of rotatable bonds is 3. The maximum absolute atomic E-state index is 11.3. The van der Waals surface area contributed by atoms with Crippen molar-refractivity contribution in [2.75, 3.05) is 14.2 Å². The van der Waals surface area contributed by atoms with E-state index in [0.29, 0.717) is 0 Å². The van der Waals surface area contributed by atoms with Gasteiger partial charge in [-0.25, -0.2) is 4.79 Å². The highest BCUT2D eigenvalue weighted by atomic mass is 32.1. The van der Waals surface area contributed by atoms with E-state index in [0.717, 1.165) is 10.4 Å². The van der Waals surface area contributed by atoms with E-state index in [2.05, 4.69) is 14.7 Å². The van der Waals surface area contributed by atoms with E-state index in [9.17, 15) is 4.79 Å². The van der Waals surface area contributed by atoms with E-state index in [1.807, 2.05) is 18.4 Å². The lowest BCUT2D eigenvalue weighted by molar-refractivity contribution is -0.132. The summed E-state index contributed by atoms with van der Waals surface area (Å²) in [6, 6.07) is 1.91. The molecule has 1 aromatic heterocycles. The fourth-order valence-electron chi connectivity index (χ4n) is 0.975. The molecule has 0 aliphatic heterocycles.